The van der Waals surface area contributed by atoms with E-state index in [9.17, 15) is 9.59 Å². The molecule has 0 radical (unpaired) electrons. The molecule has 0 spiro atoms. The minimum atomic E-state index is -0.468. The molecule has 0 saturated heterocycles. The zero-order chi connectivity index (χ0) is 18.2. The Balaban J connectivity index is 1.74. The normalized spacial score (nSPS) is 10.5. The molecule has 2 N–H and O–H groups in total. The van der Waals surface area contributed by atoms with Crippen LogP contribution in [0.5, 0.6) is 5.75 Å². The van der Waals surface area contributed by atoms with Crippen LogP contribution in [0.2, 0.25) is 5.02 Å². The summed E-state index contributed by atoms with van der Waals surface area (Å²) in [5, 5.41) is 0.629. The van der Waals surface area contributed by atoms with E-state index in [0.717, 1.165) is 16.7 Å². The third-order valence-corrected chi connectivity index (χ3v) is 3.75. The molecule has 0 aliphatic rings. The lowest BCUT2D eigenvalue weighted by atomic mass is 10.1. The monoisotopic (exact) mass is 358 g/mol. The van der Waals surface area contributed by atoms with Gasteiger partial charge in [0.15, 0.2) is 6.61 Å². The Bertz CT molecular complexity index is 786. The molecule has 0 bridgehead atoms. The molecule has 2 rings (SSSR count). The summed E-state index contributed by atoms with van der Waals surface area (Å²) in [7, 11) is 0. The molecule has 0 unspecified atom stereocenters. The van der Waals surface area contributed by atoms with Crippen molar-refractivity contribution in [3.8, 4) is 5.75 Å². The number of rotatable bonds is 5. The summed E-state index contributed by atoms with van der Waals surface area (Å²) in [6, 6.07) is 12.8. The fourth-order valence-electron chi connectivity index (χ4n) is 1.91. The molecule has 0 aromatic heterocycles. The molecule has 0 saturated carbocycles. The average molecular weight is 359 g/mol. The molecule has 130 valence electrons. The number of hydrazine groups is 1. The van der Waals surface area contributed by atoms with E-state index in [1.807, 2.05) is 38.1 Å². The van der Waals surface area contributed by atoms with Gasteiger partial charge in [-0.25, -0.2) is 0 Å². The van der Waals surface area contributed by atoms with E-state index in [1.165, 1.54) is 6.08 Å². The molecule has 25 heavy (non-hydrogen) atoms. The van der Waals surface area contributed by atoms with Crippen molar-refractivity contribution in [1.82, 2.24) is 10.9 Å². The van der Waals surface area contributed by atoms with Crippen molar-refractivity contribution >= 4 is 29.5 Å². The Labute approximate surface area is 151 Å². The minimum Gasteiger partial charge on any atom is -0.484 e. The number of hydrogen-bond donors (Lipinski definition) is 2. The third kappa shape index (κ3) is 6.31. The van der Waals surface area contributed by atoms with E-state index >= 15 is 0 Å². The molecule has 2 aromatic carbocycles. The van der Waals surface area contributed by atoms with Gasteiger partial charge in [-0.15, -0.1) is 0 Å². The Morgan fingerprint density at radius 1 is 1.08 bits per heavy atom. The first-order valence-corrected chi connectivity index (χ1v) is 8.04. The van der Waals surface area contributed by atoms with Gasteiger partial charge in [-0.2, -0.15) is 0 Å². The highest BCUT2D eigenvalue weighted by molar-refractivity contribution is 6.31. The SMILES string of the molecule is Cc1ccc(/C=C/C(=O)NNC(=O)COc2ccc(Cl)c(C)c2)cc1. The van der Waals surface area contributed by atoms with Crippen LogP contribution in [-0.4, -0.2) is 18.4 Å². The van der Waals surface area contributed by atoms with Crippen molar-refractivity contribution in [2.75, 3.05) is 6.61 Å². The molecular weight excluding hydrogens is 340 g/mol. The maximum absolute atomic E-state index is 11.7. The molecule has 5 nitrogen and oxygen atoms in total. The van der Waals surface area contributed by atoms with Crippen LogP contribution >= 0.6 is 11.6 Å². The molecule has 6 heteroatoms. The summed E-state index contributed by atoms with van der Waals surface area (Å²) in [6.45, 7) is 3.61. The Hall–Kier alpha value is -2.79. The summed E-state index contributed by atoms with van der Waals surface area (Å²) >= 11 is 5.92. The smallest absolute Gasteiger partial charge is 0.276 e. The molecule has 0 aliphatic heterocycles. The lowest BCUT2D eigenvalue weighted by molar-refractivity contribution is -0.128. The second-order valence-electron chi connectivity index (χ2n) is 5.48. The minimum absolute atomic E-state index is 0.219. The van der Waals surface area contributed by atoms with Gasteiger partial charge in [0.25, 0.3) is 11.8 Å². The van der Waals surface area contributed by atoms with Crippen molar-refractivity contribution in [3.63, 3.8) is 0 Å². The molecule has 2 amide bonds. The average Bonchev–Trinajstić information content (AvgIpc) is 2.60. The summed E-state index contributed by atoms with van der Waals surface area (Å²) in [4.78, 5) is 23.4. The van der Waals surface area contributed by atoms with Gasteiger partial charge in [-0.05, 0) is 49.2 Å². The standard InChI is InChI=1S/C19H19ClN2O3/c1-13-3-5-15(6-4-13)7-10-18(23)21-22-19(24)12-25-16-8-9-17(20)14(2)11-16/h3-11H,12H2,1-2H3,(H,21,23)(H,22,24)/b10-7+. The summed E-state index contributed by atoms with van der Waals surface area (Å²) in [5.74, 6) is -0.372. The number of benzene rings is 2. The van der Waals surface area contributed by atoms with Gasteiger partial charge in [0, 0.05) is 11.1 Å². The number of hydrogen-bond acceptors (Lipinski definition) is 3. The van der Waals surface area contributed by atoms with Gasteiger partial charge < -0.3 is 4.74 Å². The number of aryl methyl sites for hydroxylation is 2. The van der Waals surface area contributed by atoms with E-state index in [2.05, 4.69) is 10.9 Å². The van der Waals surface area contributed by atoms with Crippen LogP contribution < -0.4 is 15.6 Å². The number of amides is 2. The Morgan fingerprint density at radius 3 is 2.48 bits per heavy atom. The lowest BCUT2D eigenvalue weighted by Gasteiger charge is -2.08. The van der Waals surface area contributed by atoms with Gasteiger partial charge >= 0.3 is 0 Å². The fourth-order valence-corrected chi connectivity index (χ4v) is 2.03. The quantitative estimate of drug-likeness (QED) is 0.637. The molecule has 0 heterocycles. The Morgan fingerprint density at radius 2 is 1.80 bits per heavy atom. The largest absolute Gasteiger partial charge is 0.484 e. The zero-order valence-corrected chi connectivity index (χ0v) is 14.8. The van der Waals surface area contributed by atoms with E-state index in [1.54, 1.807) is 24.3 Å². The van der Waals surface area contributed by atoms with Crippen LogP contribution in [0.1, 0.15) is 16.7 Å². The Kier molecular flexibility index (Phi) is 6.60. The maximum atomic E-state index is 11.7. The highest BCUT2D eigenvalue weighted by Crippen LogP contribution is 2.20. The number of ether oxygens (including phenoxy) is 1. The van der Waals surface area contributed by atoms with Crippen LogP contribution in [0.4, 0.5) is 0 Å². The van der Waals surface area contributed by atoms with Gasteiger partial charge in [0.05, 0.1) is 0 Å². The first kappa shape index (κ1) is 18.5. The summed E-state index contributed by atoms with van der Waals surface area (Å²) < 4.78 is 5.34. The van der Waals surface area contributed by atoms with Gasteiger partial charge in [0.2, 0.25) is 0 Å². The van der Waals surface area contributed by atoms with E-state index < -0.39 is 11.8 Å². The highest BCUT2D eigenvalue weighted by atomic mass is 35.5. The van der Waals surface area contributed by atoms with Gasteiger partial charge in [-0.1, -0.05) is 41.4 Å². The van der Waals surface area contributed by atoms with Crippen molar-refractivity contribution in [2.45, 2.75) is 13.8 Å². The van der Waals surface area contributed by atoms with Crippen LogP contribution in [0.25, 0.3) is 6.08 Å². The van der Waals surface area contributed by atoms with Crippen molar-refractivity contribution in [2.24, 2.45) is 0 Å². The van der Waals surface area contributed by atoms with Gasteiger partial charge in [-0.3, -0.25) is 20.4 Å². The van der Waals surface area contributed by atoms with Crippen LogP contribution in [0.3, 0.4) is 0 Å². The van der Waals surface area contributed by atoms with E-state index in [4.69, 9.17) is 16.3 Å². The maximum Gasteiger partial charge on any atom is 0.276 e. The van der Waals surface area contributed by atoms with Crippen LogP contribution in [0, 0.1) is 13.8 Å². The third-order valence-electron chi connectivity index (χ3n) is 3.33. The number of nitrogens with one attached hydrogen (secondary N) is 2. The second-order valence-corrected chi connectivity index (χ2v) is 5.89. The number of carbonyl (C=O) groups is 2. The topological polar surface area (TPSA) is 67.4 Å². The summed E-state index contributed by atoms with van der Waals surface area (Å²) in [6.07, 6.45) is 3.00. The fraction of sp³-hybridized carbons (Fsp3) is 0.158. The number of halogens is 1. The molecule has 0 atom stereocenters. The van der Waals surface area contributed by atoms with Crippen molar-refractivity contribution < 1.29 is 14.3 Å². The van der Waals surface area contributed by atoms with Crippen LogP contribution in [0.15, 0.2) is 48.5 Å². The van der Waals surface area contributed by atoms with E-state index in [-0.39, 0.29) is 6.61 Å². The first-order valence-electron chi connectivity index (χ1n) is 7.66. The number of carbonyl (C=O) groups excluding carboxylic acids is 2. The first-order chi connectivity index (χ1) is 11.9. The molecular formula is C19H19ClN2O3. The van der Waals surface area contributed by atoms with Crippen molar-refractivity contribution in [3.05, 3.63) is 70.3 Å². The van der Waals surface area contributed by atoms with E-state index in [0.29, 0.717) is 10.8 Å². The predicted molar refractivity (Wildman–Crippen MR) is 98.2 cm³/mol. The van der Waals surface area contributed by atoms with Crippen molar-refractivity contribution in [1.29, 1.82) is 0 Å². The molecule has 0 aliphatic carbocycles. The second kappa shape index (κ2) is 8.89. The van der Waals surface area contributed by atoms with Gasteiger partial charge in [0.1, 0.15) is 5.75 Å². The van der Waals surface area contributed by atoms with Crippen LogP contribution in [-0.2, 0) is 9.59 Å². The molecule has 2 aromatic rings. The highest BCUT2D eigenvalue weighted by Gasteiger charge is 2.05. The summed E-state index contributed by atoms with van der Waals surface area (Å²) in [5.41, 5.74) is 7.47. The zero-order valence-electron chi connectivity index (χ0n) is 14.0. The predicted octanol–water partition coefficient (Wildman–Crippen LogP) is 3.20. The molecule has 0 fully saturated rings. The lowest BCUT2D eigenvalue weighted by Crippen LogP contribution is -2.43.